The maximum Gasteiger partial charge on any atom is 0.316 e. The molecule has 0 radical (unpaired) electrons. The van der Waals surface area contributed by atoms with Crippen molar-refractivity contribution in [2.24, 2.45) is 5.92 Å². The van der Waals surface area contributed by atoms with Gasteiger partial charge in [0.1, 0.15) is 17.5 Å². The van der Waals surface area contributed by atoms with Crippen molar-refractivity contribution in [3.63, 3.8) is 0 Å². The fourth-order valence-corrected chi connectivity index (χ4v) is 1.84. The van der Waals surface area contributed by atoms with E-state index in [1.54, 1.807) is 6.92 Å². The summed E-state index contributed by atoms with van der Waals surface area (Å²) in [5, 5.41) is 0.233. The highest BCUT2D eigenvalue weighted by molar-refractivity contribution is 6.30. The number of ketones is 1. The van der Waals surface area contributed by atoms with Gasteiger partial charge in [0.05, 0.1) is 6.61 Å². The van der Waals surface area contributed by atoms with Crippen molar-refractivity contribution in [1.29, 1.82) is 0 Å². The number of hydrogen-bond acceptors (Lipinski definition) is 3. The Morgan fingerprint density at radius 3 is 2.56 bits per heavy atom. The number of ether oxygens (including phenoxy) is 1. The van der Waals surface area contributed by atoms with E-state index in [-0.39, 0.29) is 23.8 Å². The van der Waals surface area contributed by atoms with Crippen molar-refractivity contribution in [3.05, 3.63) is 34.6 Å². The van der Waals surface area contributed by atoms with Crippen molar-refractivity contribution in [1.82, 2.24) is 0 Å². The number of carbonyl (C=O) groups is 2. The van der Waals surface area contributed by atoms with Gasteiger partial charge >= 0.3 is 5.97 Å². The third kappa shape index (κ3) is 4.11. The van der Waals surface area contributed by atoms with E-state index < -0.39 is 17.7 Å². The van der Waals surface area contributed by atoms with E-state index in [4.69, 9.17) is 16.3 Å². The highest BCUT2D eigenvalue weighted by Crippen LogP contribution is 2.18. The summed E-state index contributed by atoms with van der Waals surface area (Å²) in [6.45, 7) is 3.17. The van der Waals surface area contributed by atoms with E-state index in [2.05, 4.69) is 0 Å². The smallest absolute Gasteiger partial charge is 0.316 e. The van der Waals surface area contributed by atoms with Gasteiger partial charge in [0.25, 0.3) is 0 Å². The maximum atomic E-state index is 13.1. The fourth-order valence-electron chi connectivity index (χ4n) is 1.60. The van der Waals surface area contributed by atoms with E-state index in [9.17, 15) is 14.0 Å². The van der Waals surface area contributed by atoms with Gasteiger partial charge in [0.2, 0.25) is 0 Å². The van der Waals surface area contributed by atoms with Crippen LogP contribution in [0.4, 0.5) is 4.39 Å². The first-order chi connectivity index (χ1) is 8.43. The molecule has 5 heteroatoms. The van der Waals surface area contributed by atoms with Crippen molar-refractivity contribution in [2.75, 3.05) is 6.61 Å². The number of esters is 1. The Kier molecular flexibility index (Phi) is 5.28. The normalized spacial score (nSPS) is 12.0. The lowest BCUT2D eigenvalue weighted by Crippen LogP contribution is -2.26. The van der Waals surface area contributed by atoms with Crippen LogP contribution in [0.3, 0.4) is 0 Å². The van der Waals surface area contributed by atoms with Gasteiger partial charge in [-0.15, -0.1) is 0 Å². The van der Waals surface area contributed by atoms with Crippen LogP contribution in [0.5, 0.6) is 0 Å². The van der Waals surface area contributed by atoms with Crippen LogP contribution < -0.4 is 0 Å². The third-order valence-corrected chi connectivity index (χ3v) is 2.64. The summed E-state index contributed by atoms with van der Waals surface area (Å²) < 4.78 is 18.0. The molecule has 0 spiro atoms. The molecule has 1 unspecified atom stereocenters. The van der Waals surface area contributed by atoms with E-state index in [1.807, 2.05) is 0 Å². The predicted molar refractivity (Wildman–Crippen MR) is 65.9 cm³/mol. The zero-order chi connectivity index (χ0) is 13.7. The van der Waals surface area contributed by atoms with Gasteiger partial charge in [0.15, 0.2) is 0 Å². The van der Waals surface area contributed by atoms with E-state index in [0.717, 1.165) is 6.07 Å². The molecule has 0 fully saturated rings. The Balaban J connectivity index is 2.89. The van der Waals surface area contributed by atoms with Crippen molar-refractivity contribution >= 4 is 23.4 Å². The Morgan fingerprint density at radius 1 is 1.39 bits per heavy atom. The molecule has 18 heavy (non-hydrogen) atoms. The summed E-state index contributed by atoms with van der Waals surface area (Å²) in [4.78, 5) is 23.0. The minimum absolute atomic E-state index is 0.0889. The van der Waals surface area contributed by atoms with E-state index in [0.29, 0.717) is 5.56 Å². The quantitative estimate of drug-likeness (QED) is 0.611. The molecular weight excluding hydrogens is 259 g/mol. The molecule has 0 aliphatic rings. The average Bonchev–Trinajstić information content (AvgIpc) is 2.24. The van der Waals surface area contributed by atoms with Gasteiger partial charge in [-0.1, -0.05) is 11.6 Å². The van der Waals surface area contributed by atoms with Crippen LogP contribution in [-0.2, 0) is 20.7 Å². The topological polar surface area (TPSA) is 43.4 Å². The third-order valence-electron chi connectivity index (χ3n) is 2.42. The van der Waals surface area contributed by atoms with Gasteiger partial charge in [0, 0.05) is 5.02 Å². The van der Waals surface area contributed by atoms with Crippen LogP contribution in [-0.4, -0.2) is 18.4 Å². The van der Waals surface area contributed by atoms with Gasteiger partial charge in [-0.25, -0.2) is 4.39 Å². The highest BCUT2D eigenvalue weighted by atomic mass is 35.5. The minimum atomic E-state index is -0.914. The Bertz CT molecular complexity index is 439. The Morgan fingerprint density at radius 2 is 2.06 bits per heavy atom. The standard InChI is InChI=1S/C13H14ClFO3/c1-3-18-13(17)12(8(2)16)6-9-4-10(14)7-11(15)5-9/h4-5,7,12H,3,6H2,1-2H3. The largest absolute Gasteiger partial charge is 0.465 e. The molecule has 98 valence electrons. The van der Waals surface area contributed by atoms with Crippen LogP contribution in [0.25, 0.3) is 0 Å². The molecule has 0 aliphatic heterocycles. The predicted octanol–water partition coefficient (Wildman–Crippen LogP) is 2.79. The highest BCUT2D eigenvalue weighted by Gasteiger charge is 2.25. The number of hydrogen-bond donors (Lipinski definition) is 0. The summed E-state index contributed by atoms with van der Waals surface area (Å²) in [7, 11) is 0. The lowest BCUT2D eigenvalue weighted by Gasteiger charge is -2.12. The van der Waals surface area contributed by atoms with Crippen LogP contribution in [0.15, 0.2) is 18.2 Å². The molecule has 0 saturated carbocycles. The van der Waals surface area contributed by atoms with Crippen molar-refractivity contribution < 1.29 is 18.7 Å². The van der Waals surface area contributed by atoms with E-state index in [1.165, 1.54) is 19.1 Å². The maximum absolute atomic E-state index is 13.1. The zero-order valence-electron chi connectivity index (χ0n) is 10.2. The molecular formula is C13H14ClFO3. The summed E-state index contributed by atoms with van der Waals surface area (Å²) >= 11 is 5.71. The van der Waals surface area contributed by atoms with Gasteiger partial charge in [-0.2, -0.15) is 0 Å². The first-order valence-electron chi connectivity index (χ1n) is 5.56. The molecule has 0 aromatic heterocycles. The molecule has 1 aromatic carbocycles. The lowest BCUT2D eigenvalue weighted by atomic mass is 9.96. The molecule has 0 aliphatic carbocycles. The molecule has 0 saturated heterocycles. The summed E-state index contributed by atoms with van der Waals surface area (Å²) in [6.07, 6.45) is 0.0889. The lowest BCUT2D eigenvalue weighted by molar-refractivity contribution is -0.151. The van der Waals surface area contributed by atoms with Crippen LogP contribution >= 0.6 is 11.6 Å². The summed E-state index contributed by atoms with van der Waals surface area (Å²) in [5.74, 6) is -2.31. The van der Waals surface area contributed by atoms with Crippen molar-refractivity contribution in [3.8, 4) is 0 Å². The number of halogens is 2. The zero-order valence-corrected chi connectivity index (χ0v) is 11.0. The fraction of sp³-hybridized carbons (Fsp3) is 0.385. The average molecular weight is 273 g/mol. The molecule has 0 N–H and O–H groups in total. The van der Waals surface area contributed by atoms with Crippen LogP contribution in [0.2, 0.25) is 5.02 Å². The summed E-state index contributed by atoms with van der Waals surface area (Å²) in [6, 6.07) is 3.94. The monoisotopic (exact) mass is 272 g/mol. The van der Waals surface area contributed by atoms with Gasteiger partial charge in [-0.3, -0.25) is 9.59 Å². The Hall–Kier alpha value is -1.42. The van der Waals surface area contributed by atoms with Crippen molar-refractivity contribution in [2.45, 2.75) is 20.3 Å². The molecule has 1 rings (SSSR count). The first kappa shape index (κ1) is 14.6. The second-order valence-electron chi connectivity index (χ2n) is 3.90. The second-order valence-corrected chi connectivity index (χ2v) is 4.33. The van der Waals surface area contributed by atoms with Gasteiger partial charge in [-0.05, 0) is 44.0 Å². The molecule has 3 nitrogen and oxygen atoms in total. The first-order valence-corrected chi connectivity index (χ1v) is 5.94. The number of Topliss-reactive ketones (excluding diaryl/α,β-unsaturated/α-hetero) is 1. The molecule has 0 heterocycles. The molecule has 1 aromatic rings. The molecule has 1 atom stereocenters. The second kappa shape index (κ2) is 6.50. The van der Waals surface area contributed by atoms with Crippen LogP contribution in [0, 0.1) is 11.7 Å². The SMILES string of the molecule is CCOC(=O)C(Cc1cc(F)cc(Cl)c1)C(C)=O. The van der Waals surface area contributed by atoms with Crippen LogP contribution in [0.1, 0.15) is 19.4 Å². The summed E-state index contributed by atoms with van der Waals surface area (Å²) in [5.41, 5.74) is 0.494. The minimum Gasteiger partial charge on any atom is -0.465 e. The van der Waals surface area contributed by atoms with Gasteiger partial charge < -0.3 is 4.74 Å². The molecule has 0 amide bonds. The Labute approximate surface area is 110 Å². The number of carbonyl (C=O) groups excluding carboxylic acids is 2. The number of rotatable bonds is 5. The molecule has 0 bridgehead atoms. The van der Waals surface area contributed by atoms with E-state index >= 15 is 0 Å². The number of benzene rings is 1.